The second-order valence-corrected chi connectivity index (χ2v) is 11.2. The Kier molecular flexibility index (Phi) is 9.96. The molecule has 5 atom stereocenters. The van der Waals surface area contributed by atoms with Crippen molar-refractivity contribution in [1.29, 1.82) is 0 Å². The summed E-state index contributed by atoms with van der Waals surface area (Å²) in [6.07, 6.45) is 12.3. The summed E-state index contributed by atoms with van der Waals surface area (Å²) in [6.45, 7) is 8.35. The number of unbranched alkanes of at least 4 members (excludes halogenated alkanes) is 2. The maximum Gasteiger partial charge on any atom is 0.223 e. The fourth-order valence-electron chi connectivity index (χ4n) is 4.57. The highest BCUT2D eigenvalue weighted by Gasteiger charge is 2.43. The van der Waals surface area contributed by atoms with Crippen LogP contribution in [0.5, 0.6) is 0 Å². The van der Waals surface area contributed by atoms with Crippen molar-refractivity contribution in [3.63, 3.8) is 0 Å². The van der Waals surface area contributed by atoms with Crippen molar-refractivity contribution in [1.82, 2.24) is 4.90 Å². The van der Waals surface area contributed by atoms with Gasteiger partial charge in [0.25, 0.3) is 0 Å². The lowest BCUT2D eigenvalue weighted by molar-refractivity contribution is -0.133. The van der Waals surface area contributed by atoms with Crippen LogP contribution in [0.15, 0.2) is 23.8 Å². The summed E-state index contributed by atoms with van der Waals surface area (Å²) in [5, 5.41) is 20.7. The Morgan fingerprint density at radius 1 is 1.37 bits per heavy atom. The average Bonchev–Trinajstić information content (AvgIpc) is 3.18. The lowest BCUT2D eigenvalue weighted by atomic mass is 9.89. The third-order valence-electron chi connectivity index (χ3n) is 6.74. The molecule has 2 rings (SSSR count). The number of aliphatic hydroxyl groups is 2. The van der Waals surface area contributed by atoms with Crippen molar-refractivity contribution in [2.45, 2.75) is 90.4 Å². The van der Waals surface area contributed by atoms with Crippen LogP contribution >= 0.6 is 11.8 Å². The van der Waals surface area contributed by atoms with Gasteiger partial charge in [-0.3, -0.25) is 4.79 Å². The highest BCUT2D eigenvalue weighted by molar-refractivity contribution is 7.99. The van der Waals surface area contributed by atoms with Crippen molar-refractivity contribution >= 4 is 17.7 Å². The molecule has 1 amide bonds. The molecule has 1 fully saturated rings. The minimum Gasteiger partial charge on any atom is -0.392 e. The molecule has 0 aromatic rings. The first-order valence-electron chi connectivity index (χ1n) is 11.7. The van der Waals surface area contributed by atoms with Crippen molar-refractivity contribution in [3.8, 4) is 0 Å². The summed E-state index contributed by atoms with van der Waals surface area (Å²) >= 11 is 1.84. The summed E-state index contributed by atoms with van der Waals surface area (Å²) in [4.78, 5) is 14.1. The topological polar surface area (TPSA) is 60.8 Å². The van der Waals surface area contributed by atoms with Gasteiger partial charge in [-0.05, 0) is 51.9 Å². The van der Waals surface area contributed by atoms with Crippen LogP contribution in [-0.4, -0.2) is 57.3 Å². The Bertz CT molecular complexity index is 610. The molecule has 4 nitrogen and oxygen atoms in total. The highest BCUT2D eigenvalue weighted by atomic mass is 32.2. The van der Waals surface area contributed by atoms with Crippen LogP contribution in [0, 0.1) is 17.8 Å². The van der Waals surface area contributed by atoms with Gasteiger partial charge in [-0.15, -0.1) is 0 Å². The van der Waals surface area contributed by atoms with E-state index in [2.05, 4.69) is 39.8 Å². The predicted octanol–water partition coefficient (Wildman–Crippen LogP) is 4.81. The normalized spacial score (nSPS) is 27.4. The molecule has 2 aliphatic rings. The zero-order chi connectivity index (χ0) is 22.3. The van der Waals surface area contributed by atoms with Gasteiger partial charge in [0.15, 0.2) is 0 Å². The molecule has 5 heteroatoms. The molecule has 0 aromatic carbocycles. The molecular formula is C25H43NO3S. The predicted molar refractivity (Wildman–Crippen MR) is 128 cm³/mol. The number of thioether (sulfide) groups is 1. The van der Waals surface area contributed by atoms with Crippen LogP contribution in [0.4, 0.5) is 0 Å². The van der Waals surface area contributed by atoms with E-state index in [0.29, 0.717) is 18.3 Å². The number of carbonyl (C=O) groups is 1. The Labute approximate surface area is 188 Å². The van der Waals surface area contributed by atoms with E-state index in [4.69, 9.17) is 0 Å². The number of nitrogens with zero attached hydrogens (tertiary/aromatic N) is 1. The minimum atomic E-state index is -0.393. The largest absolute Gasteiger partial charge is 0.392 e. The van der Waals surface area contributed by atoms with Crippen LogP contribution in [0.3, 0.4) is 0 Å². The van der Waals surface area contributed by atoms with Gasteiger partial charge in [0.1, 0.15) is 0 Å². The van der Waals surface area contributed by atoms with E-state index in [1.54, 1.807) is 0 Å². The molecule has 0 spiro atoms. The molecule has 0 saturated heterocycles. The first-order chi connectivity index (χ1) is 14.1. The van der Waals surface area contributed by atoms with Crippen LogP contribution in [0.1, 0.15) is 72.6 Å². The maximum atomic E-state index is 12.3. The van der Waals surface area contributed by atoms with Gasteiger partial charge in [-0.25, -0.2) is 0 Å². The van der Waals surface area contributed by atoms with E-state index in [0.717, 1.165) is 50.0 Å². The second-order valence-electron chi connectivity index (χ2n) is 10.1. The SMILES string of the molecule is CCCCC[C@H](O)/C=C/[C@@H]1[C@H]2CC(CSCCC(=O)N(C)C(C)(C)C)=C[C@H]2C[C@H]1O. The summed E-state index contributed by atoms with van der Waals surface area (Å²) in [6, 6.07) is 0. The van der Waals surface area contributed by atoms with Gasteiger partial charge in [0, 0.05) is 36.4 Å². The van der Waals surface area contributed by atoms with E-state index in [1.165, 1.54) is 5.57 Å². The fraction of sp³-hybridized carbons (Fsp3) is 0.800. The number of amides is 1. The zero-order valence-electron chi connectivity index (χ0n) is 19.6. The summed E-state index contributed by atoms with van der Waals surface area (Å²) < 4.78 is 0. The van der Waals surface area contributed by atoms with Gasteiger partial charge in [-0.1, -0.05) is 50.0 Å². The highest BCUT2D eigenvalue weighted by Crippen LogP contribution is 2.47. The molecule has 2 aliphatic carbocycles. The third kappa shape index (κ3) is 7.42. The number of rotatable bonds is 11. The van der Waals surface area contributed by atoms with Crippen LogP contribution in [0.2, 0.25) is 0 Å². The molecule has 1 saturated carbocycles. The van der Waals surface area contributed by atoms with Crippen molar-refractivity contribution < 1.29 is 15.0 Å². The van der Waals surface area contributed by atoms with E-state index in [-0.39, 0.29) is 23.5 Å². The van der Waals surface area contributed by atoms with Crippen LogP contribution < -0.4 is 0 Å². The maximum absolute atomic E-state index is 12.3. The number of hydrogen-bond acceptors (Lipinski definition) is 4. The minimum absolute atomic E-state index is 0.125. The monoisotopic (exact) mass is 437 g/mol. The molecule has 0 unspecified atom stereocenters. The van der Waals surface area contributed by atoms with Crippen molar-refractivity contribution in [3.05, 3.63) is 23.8 Å². The van der Waals surface area contributed by atoms with E-state index in [9.17, 15) is 15.0 Å². The first-order valence-corrected chi connectivity index (χ1v) is 12.9. The summed E-state index contributed by atoms with van der Waals surface area (Å²) in [5.74, 6) is 3.10. The standard InChI is InChI=1S/C25H43NO3S/c1-6-7-8-9-20(27)10-11-21-22-15-18(14-19(22)16-23(21)28)17-30-13-12-24(29)26(5)25(2,3)4/h10-11,14,19-23,27-28H,6-9,12-13,15-17H2,1-5H3/b11-10+/t19-,20-,21+,22-,23+/m0/s1. The quantitative estimate of drug-likeness (QED) is 0.360. The second kappa shape index (κ2) is 11.7. The smallest absolute Gasteiger partial charge is 0.223 e. The molecule has 0 aliphatic heterocycles. The lowest BCUT2D eigenvalue weighted by Gasteiger charge is -2.32. The Hall–Kier alpha value is -0.780. The van der Waals surface area contributed by atoms with Gasteiger partial charge in [0.2, 0.25) is 5.91 Å². The molecular weight excluding hydrogens is 394 g/mol. The van der Waals surface area contributed by atoms with Crippen LogP contribution in [-0.2, 0) is 4.79 Å². The Morgan fingerprint density at radius 3 is 2.77 bits per heavy atom. The van der Waals surface area contributed by atoms with Crippen molar-refractivity contribution in [2.75, 3.05) is 18.6 Å². The zero-order valence-corrected chi connectivity index (χ0v) is 20.5. The number of carbonyl (C=O) groups excluding carboxylic acids is 1. The number of aliphatic hydroxyl groups excluding tert-OH is 2. The summed E-state index contributed by atoms with van der Waals surface area (Å²) in [5.41, 5.74) is 1.33. The van der Waals surface area contributed by atoms with Gasteiger partial charge < -0.3 is 15.1 Å². The number of allylic oxidation sites excluding steroid dienone is 1. The lowest BCUT2D eigenvalue weighted by Crippen LogP contribution is -2.42. The molecule has 172 valence electrons. The molecule has 30 heavy (non-hydrogen) atoms. The Morgan fingerprint density at radius 2 is 2.10 bits per heavy atom. The van der Waals surface area contributed by atoms with E-state index < -0.39 is 6.10 Å². The van der Waals surface area contributed by atoms with Crippen LogP contribution in [0.25, 0.3) is 0 Å². The molecule has 0 aromatic heterocycles. The van der Waals surface area contributed by atoms with Gasteiger partial charge >= 0.3 is 0 Å². The fourth-order valence-corrected chi connectivity index (χ4v) is 5.51. The Balaban J connectivity index is 1.75. The van der Waals surface area contributed by atoms with Crippen molar-refractivity contribution in [2.24, 2.45) is 17.8 Å². The van der Waals surface area contributed by atoms with E-state index in [1.807, 2.05) is 29.8 Å². The summed E-state index contributed by atoms with van der Waals surface area (Å²) in [7, 11) is 1.88. The van der Waals surface area contributed by atoms with E-state index >= 15 is 0 Å². The molecule has 0 heterocycles. The number of hydrogen-bond donors (Lipinski definition) is 2. The molecule has 0 bridgehead atoms. The average molecular weight is 438 g/mol. The molecule has 0 radical (unpaired) electrons. The molecule has 2 N–H and O–H groups in total. The van der Waals surface area contributed by atoms with Gasteiger partial charge in [-0.2, -0.15) is 11.8 Å². The van der Waals surface area contributed by atoms with Gasteiger partial charge in [0.05, 0.1) is 12.2 Å². The number of fused-ring (bicyclic) bond motifs is 1. The first kappa shape index (κ1) is 25.5. The third-order valence-corrected chi connectivity index (χ3v) is 7.80.